The van der Waals surface area contributed by atoms with E-state index in [4.69, 9.17) is 23.4 Å². The maximum Gasteiger partial charge on any atom is 0.335 e. The Balaban J connectivity index is 1.88. The topological polar surface area (TPSA) is 185 Å². The van der Waals surface area contributed by atoms with Crippen LogP contribution in [-0.4, -0.2) is 76.4 Å². The summed E-state index contributed by atoms with van der Waals surface area (Å²) in [6.45, 7) is 0. The molecule has 1 aliphatic rings. The number of aliphatic hydroxyl groups excluding tert-OH is 3. The van der Waals surface area contributed by atoms with E-state index in [2.05, 4.69) is 0 Å². The van der Waals surface area contributed by atoms with E-state index in [1.54, 1.807) is 0 Å². The minimum atomic E-state index is -1.94. The number of carboxylic acids is 1. The molecule has 3 aromatic rings. The molecule has 5 atom stereocenters. The Hall–Kier alpha value is -3.84. The molecule has 4 rings (SSSR count). The van der Waals surface area contributed by atoms with Gasteiger partial charge in [0.15, 0.2) is 23.4 Å². The Labute approximate surface area is 197 Å². The molecule has 35 heavy (non-hydrogen) atoms. The molecule has 0 amide bonds. The van der Waals surface area contributed by atoms with Crippen LogP contribution < -0.4 is 19.6 Å². The van der Waals surface area contributed by atoms with Crippen molar-refractivity contribution in [3.63, 3.8) is 0 Å². The first-order valence-corrected chi connectivity index (χ1v) is 10.3. The second-order valence-corrected chi connectivity index (χ2v) is 7.69. The van der Waals surface area contributed by atoms with Gasteiger partial charge in [0.2, 0.25) is 17.5 Å². The minimum absolute atomic E-state index is 0.00249. The third kappa shape index (κ3) is 4.35. The number of carboxylic acid groups (broad SMARTS) is 1. The van der Waals surface area contributed by atoms with Gasteiger partial charge in [0, 0.05) is 11.6 Å². The fourth-order valence-electron chi connectivity index (χ4n) is 3.70. The molecule has 0 radical (unpaired) electrons. The predicted molar refractivity (Wildman–Crippen MR) is 118 cm³/mol. The molecule has 12 nitrogen and oxygen atoms in total. The number of benzene rings is 2. The standard InChI is InChI=1S/C23H22O12/c1-31-12-6-3-9(7-14(12)32-2)19-20(15(25)11-5-4-10(24)8-13(11)33-19)34-23-18(28)16(26)17(27)21(35-23)22(29)30/h3-8,16-18,21,23-24,26-28H,1-2H3,(H,29,30)/t16-,17-,18+,21-,23?/m0/s1. The molecule has 0 saturated carbocycles. The molecule has 1 aromatic heterocycles. The number of phenolic OH excluding ortho intramolecular Hbond substituents is 1. The van der Waals surface area contributed by atoms with Gasteiger partial charge in [-0.25, -0.2) is 4.79 Å². The molecule has 1 fully saturated rings. The lowest BCUT2D eigenvalue weighted by molar-refractivity contribution is -0.271. The number of aliphatic hydroxyl groups is 3. The summed E-state index contributed by atoms with van der Waals surface area (Å²) in [5.41, 5.74) is -0.462. The number of ether oxygens (including phenoxy) is 4. The fourth-order valence-corrected chi connectivity index (χ4v) is 3.70. The molecular weight excluding hydrogens is 468 g/mol. The monoisotopic (exact) mass is 490 g/mol. The van der Waals surface area contributed by atoms with E-state index in [1.165, 1.54) is 50.6 Å². The first-order chi connectivity index (χ1) is 16.7. The van der Waals surface area contributed by atoms with Crippen molar-refractivity contribution in [2.45, 2.75) is 30.7 Å². The lowest BCUT2D eigenvalue weighted by Crippen LogP contribution is -2.61. The summed E-state index contributed by atoms with van der Waals surface area (Å²) >= 11 is 0. The summed E-state index contributed by atoms with van der Waals surface area (Å²) in [6, 6.07) is 8.31. The number of fused-ring (bicyclic) bond motifs is 1. The fraction of sp³-hybridized carbons (Fsp3) is 0.304. The first kappa shape index (κ1) is 24.3. The third-order valence-electron chi connectivity index (χ3n) is 5.53. The van der Waals surface area contributed by atoms with Crippen molar-refractivity contribution in [2.75, 3.05) is 14.2 Å². The van der Waals surface area contributed by atoms with Gasteiger partial charge in [-0.3, -0.25) is 4.79 Å². The van der Waals surface area contributed by atoms with Crippen molar-refractivity contribution < 1.29 is 53.7 Å². The summed E-state index contributed by atoms with van der Waals surface area (Å²) in [5, 5.41) is 49.5. The Morgan fingerprint density at radius 3 is 2.31 bits per heavy atom. The van der Waals surface area contributed by atoms with Crippen LogP contribution >= 0.6 is 0 Å². The number of hydrogen-bond acceptors (Lipinski definition) is 11. The predicted octanol–water partition coefficient (Wildman–Crippen LogP) is 0.454. The van der Waals surface area contributed by atoms with Gasteiger partial charge >= 0.3 is 5.97 Å². The number of aliphatic carboxylic acids is 1. The molecule has 12 heteroatoms. The molecular formula is C23H22O12. The zero-order chi connectivity index (χ0) is 25.4. The molecule has 2 aromatic carbocycles. The van der Waals surface area contributed by atoms with E-state index in [0.29, 0.717) is 5.75 Å². The SMILES string of the molecule is COc1ccc(-c2oc3cc(O)ccc3c(=O)c2OC2O[C@H](C(=O)O)[C@@H](O)[C@H](O)[C@H]2O)cc1OC. The van der Waals surface area contributed by atoms with Crippen molar-refractivity contribution in [3.8, 4) is 34.3 Å². The molecule has 1 unspecified atom stereocenters. The smallest absolute Gasteiger partial charge is 0.335 e. The highest BCUT2D eigenvalue weighted by Gasteiger charge is 2.48. The van der Waals surface area contributed by atoms with Crippen molar-refractivity contribution in [1.29, 1.82) is 0 Å². The van der Waals surface area contributed by atoms with Crippen LogP contribution in [0.25, 0.3) is 22.3 Å². The van der Waals surface area contributed by atoms with Gasteiger partial charge in [0.25, 0.3) is 0 Å². The maximum atomic E-state index is 13.4. The zero-order valence-electron chi connectivity index (χ0n) is 18.4. The minimum Gasteiger partial charge on any atom is -0.508 e. The van der Waals surface area contributed by atoms with Crippen LogP contribution in [0.1, 0.15) is 0 Å². The van der Waals surface area contributed by atoms with Crippen molar-refractivity contribution >= 4 is 16.9 Å². The Morgan fingerprint density at radius 1 is 0.943 bits per heavy atom. The first-order valence-electron chi connectivity index (χ1n) is 10.3. The van der Waals surface area contributed by atoms with Gasteiger partial charge < -0.3 is 48.9 Å². The molecule has 5 N–H and O–H groups in total. The van der Waals surface area contributed by atoms with E-state index in [-0.39, 0.29) is 33.8 Å². The Morgan fingerprint density at radius 2 is 1.66 bits per heavy atom. The average molecular weight is 490 g/mol. The maximum absolute atomic E-state index is 13.4. The molecule has 2 heterocycles. The summed E-state index contributed by atoms with van der Waals surface area (Å²) in [5.74, 6) is -1.76. The normalized spacial score (nSPS) is 24.2. The molecule has 0 aliphatic carbocycles. The second-order valence-electron chi connectivity index (χ2n) is 7.69. The van der Waals surface area contributed by atoms with Crippen molar-refractivity contribution in [1.82, 2.24) is 0 Å². The van der Waals surface area contributed by atoms with Gasteiger partial charge in [-0.05, 0) is 30.3 Å². The number of aromatic hydroxyl groups is 1. The summed E-state index contributed by atoms with van der Waals surface area (Å²) in [7, 11) is 2.84. The van der Waals surface area contributed by atoms with Gasteiger partial charge in [-0.15, -0.1) is 0 Å². The number of carbonyl (C=O) groups is 1. The lowest BCUT2D eigenvalue weighted by atomic mass is 9.99. The van der Waals surface area contributed by atoms with Gasteiger partial charge in [-0.1, -0.05) is 0 Å². The van der Waals surface area contributed by atoms with Crippen LogP contribution in [0.2, 0.25) is 0 Å². The van der Waals surface area contributed by atoms with Crippen LogP contribution in [-0.2, 0) is 9.53 Å². The Kier molecular flexibility index (Phi) is 6.54. The van der Waals surface area contributed by atoms with Crippen LogP contribution in [0.5, 0.6) is 23.0 Å². The van der Waals surface area contributed by atoms with Gasteiger partial charge in [0.05, 0.1) is 19.6 Å². The second kappa shape index (κ2) is 9.43. The summed E-state index contributed by atoms with van der Waals surface area (Å²) in [6.07, 6.45) is -9.58. The quantitative estimate of drug-likeness (QED) is 0.322. The average Bonchev–Trinajstić information content (AvgIpc) is 2.84. The zero-order valence-corrected chi connectivity index (χ0v) is 18.4. The van der Waals surface area contributed by atoms with E-state index in [9.17, 15) is 35.1 Å². The molecule has 186 valence electrons. The van der Waals surface area contributed by atoms with Crippen LogP contribution in [0.15, 0.2) is 45.6 Å². The van der Waals surface area contributed by atoms with Crippen LogP contribution in [0.4, 0.5) is 0 Å². The molecule has 1 saturated heterocycles. The third-order valence-corrected chi connectivity index (χ3v) is 5.53. The summed E-state index contributed by atoms with van der Waals surface area (Å²) < 4.78 is 27.1. The number of phenols is 1. The Bertz CT molecular complexity index is 1320. The number of rotatable bonds is 6. The highest BCUT2D eigenvalue weighted by molar-refractivity contribution is 5.83. The van der Waals surface area contributed by atoms with Crippen LogP contribution in [0.3, 0.4) is 0 Å². The largest absolute Gasteiger partial charge is 0.508 e. The lowest BCUT2D eigenvalue weighted by Gasteiger charge is -2.38. The van der Waals surface area contributed by atoms with E-state index < -0.39 is 47.9 Å². The van der Waals surface area contributed by atoms with E-state index in [0.717, 1.165) is 0 Å². The van der Waals surface area contributed by atoms with Gasteiger partial charge in [0.1, 0.15) is 29.6 Å². The van der Waals surface area contributed by atoms with Crippen molar-refractivity contribution in [3.05, 3.63) is 46.6 Å². The highest BCUT2D eigenvalue weighted by Crippen LogP contribution is 2.38. The molecule has 0 bridgehead atoms. The van der Waals surface area contributed by atoms with E-state index >= 15 is 0 Å². The van der Waals surface area contributed by atoms with Gasteiger partial charge in [-0.2, -0.15) is 0 Å². The molecule has 1 aliphatic heterocycles. The molecule has 0 spiro atoms. The van der Waals surface area contributed by atoms with Crippen molar-refractivity contribution in [2.24, 2.45) is 0 Å². The number of hydrogen-bond donors (Lipinski definition) is 5. The summed E-state index contributed by atoms with van der Waals surface area (Å²) in [4.78, 5) is 24.8. The highest BCUT2D eigenvalue weighted by atomic mass is 16.7. The number of methoxy groups -OCH3 is 2. The van der Waals surface area contributed by atoms with E-state index in [1.807, 2.05) is 0 Å². The van der Waals surface area contributed by atoms with Crippen LogP contribution in [0, 0.1) is 0 Å².